The van der Waals surface area contributed by atoms with Gasteiger partial charge in [0.2, 0.25) is 5.91 Å². The van der Waals surface area contributed by atoms with E-state index in [9.17, 15) is 9.59 Å². The van der Waals surface area contributed by atoms with Gasteiger partial charge in [-0.1, -0.05) is 42.5 Å². The maximum absolute atomic E-state index is 13.5. The van der Waals surface area contributed by atoms with E-state index >= 15 is 0 Å². The lowest BCUT2D eigenvalue weighted by Crippen LogP contribution is -2.51. The van der Waals surface area contributed by atoms with E-state index in [0.29, 0.717) is 24.5 Å². The van der Waals surface area contributed by atoms with Crippen molar-refractivity contribution in [3.05, 3.63) is 93.6 Å². The van der Waals surface area contributed by atoms with Crippen molar-refractivity contribution in [2.45, 2.75) is 25.9 Å². The van der Waals surface area contributed by atoms with E-state index in [2.05, 4.69) is 27.9 Å². The SMILES string of the molecule is CCNC(=O)[C@H](Cc1ccccc1)N(Cc1cccc(OC)c1)C(=O)COc1ccc(I)cc1. The number of halogens is 1. The van der Waals surface area contributed by atoms with E-state index in [4.69, 9.17) is 9.47 Å². The average Bonchev–Trinajstić information content (AvgIpc) is 2.86. The van der Waals surface area contributed by atoms with E-state index < -0.39 is 6.04 Å². The first-order valence-corrected chi connectivity index (χ1v) is 12.2. The molecule has 0 saturated heterocycles. The van der Waals surface area contributed by atoms with Gasteiger partial charge >= 0.3 is 0 Å². The second-order valence-electron chi connectivity index (χ2n) is 7.72. The Hall–Kier alpha value is -3.07. The Morgan fingerprint density at radius 2 is 1.65 bits per heavy atom. The fourth-order valence-corrected chi connectivity index (χ4v) is 3.93. The van der Waals surface area contributed by atoms with Gasteiger partial charge in [-0.3, -0.25) is 9.59 Å². The van der Waals surface area contributed by atoms with Crippen molar-refractivity contribution in [3.63, 3.8) is 0 Å². The first-order valence-electron chi connectivity index (χ1n) is 11.1. The number of likely N-dealkylation sites (N-methyl/N-ethyl adjacent to an activating group) is 1. The number of ether oxygens (including phenoxy) is 2. The summed E-state index contributed by atoms with van der Waals surface area (Å²) in [6.07, 6.45) is 0.395. The van der Waals surface area contributed by atoms with Crippen LogP contribution in [0.4, 0.5) is 0 Å². The second kappa shape index (κ2) is 13.0. The largest absolute Gasteiger partial charge is 0.497 e. The number of nitrogens with zero attached hydrogens (tertiary/aromatic N) is 1. The number of carbonyl (C=O) groups excluding carboxylic acids is 2. The van der Waals surface area contributed by atoms with Gasteiger partial charge in [0.15, 0.2) is 6.61 Å². The van der Waals surface area contributed by atoms with Crippen molar-refractivity contribution in [2.75, 3.05) is 20.3 Å². The Balaban J connectivity index is 1.89. The van der Waals surface area contributed by atoms with E-state index in [0.717, 1.165) is 14.7 Å². The Morgan fingerprint density at radius 1 is 0.941 bits per heavy atom. The van der Waals surface area contributed by atoms with Crippen molar-refractivity contribution in [1.29, 1.82) is 0 Å². The lowest BCUT2D eigenvalue weighted by molar-refractivity contribution is -0.142. The van der Waals surface area contributed by atoms with Crippen LogP contribution in [-0.4, -0.2) is 43.0 Å². The third-order valence-corrected chi connectivity index (χ3v) is 6.00. The minimum absolute atomic E-state index is 0.171. The third-order valence-electron chi connectivity index (χ3n) is 5.29. The van der Waals surface area contributed by atoms with E-state index in [-0.39, 0.29) is 25.0 Å². The quantitative estimate of drug-likeness (QED) is 0.345. The Bertz CT molecular complexity index is 1070. The molecule has 0 aliphatic carbocycles. The molecule has 0 unspecified atom stereocenters. The van der Waals surface area contributed by atoms with Crippen LogP contribution in [0.25, 0.3) is 0 Å². The van der Waals surface area contributed by atoms with Crippen molar-refractivity contribution < 1.29 is 19.1 Å². The van der Waals surface area contributed by atoms with Crippen LogP contribution < -0.4 is 14.8 Å². The Kier molecular flexibility index (Phi) is 9.75. The highest BCUT2D eigenvalue weighted by molar-refractivity contribution is 14.1. The number of methoxy groups -OCH3 is 1. The predicted octanol–water partition coefficient (Wildman–Crippen LogP) is 4.45. The number of carbonyl (C=O) groups is 2. The molecule has 2 amide bonds. The maximum atomic E-state index is 13.5. The normalized spacial score (nSPS) is 11.4. The number of hydrogen-bond acceptors (Lipinski definition) is 4. The van der Waals surface area contributed by atoms with Gasteiger partial charge in [-0.05, 0) is 77.0 Å². The maximum Gasteiger partial charge on any atom is 0.261 e. The smallest absolute Gasteiger partial charge is 0.261 e. The molecule has 0 saturated carbocycles. The molecule has 1 atom stereocenters. The highest BCUT2D eigenvalue weighted by Gasteiger charge is 2.30. The number of hydrogen-bond donors (Lipinski definition) is 1. The zero-order valence-corrected chi connectivity index (χ0v) is 21.5. The molecule has 7 heteroatoms. The number of amides is 2. The zero-order chi connectivity index (χ0) is 24.3. The average molecular weight is 572 g/mol. The molecule has 0 radical (unpaired) electrons. The molecule has 0 heterocycles. The minimum atomic E-state index is -0.693. The second-order valence-corrected chi connectivity index (χ2v) is 8.96. The fraction of sp³-hybridized carbons (Fsp3) is 0.259. The van der Waals surface area contributed by atoms with Gasteiger partial charge in [-0.15, -0.1) is 0 Å². The summed E-state index contributed by atoms with van der Waals surface area (Å²) in [6, 6.07) is 24.0. The summed E-state index contributed by atoms with van der Waals surface area (Å²) in [4.78, 5) is 28.2. The summed E-state index contributed by atoms with van der Waals surface area (Å²) in [7, 11) is 1.60. The van der Waals surface area contributed by atoms with E-state index in [1.165, 1.54) is 0 Å². The summed E-state index contributed by atoms with van der Waals surface area (Å²) in [6.45, 7) is 2.42. The number of rotatable bonds is 11. The minimum Gasteiger partial charge on any atom is -0.497 e. The topological polar surface area (TPSA) is 67.9 Å². The summed E-state index contributed by atoms with van der Waals surface area (Å²) in [5.41, 5.74) is 1.84. The van der Waals surface area contributed by atoms with Gasteiger partial charge < -0.3 is 19.7 Å². The first kappa shape index (κ1) is 25.6. The number of nitrogens with one attached hydrogen (secondary N) is 1. The molecule has 0 spiro atoms. The third kappa shape index (κ3) is 7.48. The Morgan fingerprint density at radius 3 is 2.32 bits per heavy atom. The first-order chi connectivity index (χ1) is 16.5. The van der Waals surface area contributed by atoms with Gasteiger partial charge in [-0.25, -0.2) is 0 Å². The molecule has 6 nitrogen and oxygen atoms in total. The van der Waals surface area contributed by atoms with Crippen LogP contribution >= 0.6 is 22.6 Å². The summed E-state index contributed by atoms with van der Waals surface area (Å²) in [5, 5.41) is 2.89. The molecule has 0 aliphatic heterocycles. The monoisotopic (exact) mass is 572 g/mol. The molecule has 3 aromatic carbocycles. The van der Waals surface area contributed by atoms with Gasteiger partial charge in [0.05, 0.1) is 7.11 Å². The summed E-state index contributed by atoms with van der Waals surface area (Å²) >= 11 is 2.22. The highest BCUT2D eigenvalue weighted by Crippen LogP contribution is 2.19. The molecule has 0 aliphatic rings. The summed E-state index contributed by atoms with van der Waals surface area (Å²) in [5.74, 6) is 0.829. The summed E-state index contributed by atoms with van der Waals surface area (Å²) < 4.78 is 12.2. The molecular weight excluding hydrogens is 543 g/mol. The van der Waals surface area contributed by atoms with E-state index in [1.54, 1.807) is 12.0 Å². The van der Waals surface area contributed by atoms with Gasteiger partial charge in [0.1, 0.15) is 17.5 Å². The molecule has 0 fully saturated rings. The standard InChI is InChI=1S/C27H29IN2O4/c1-3-29-27(32)25(17-20-8-5-4-6-9-20)30(18-21-10-7-11-24(16-21)33-2)26(31)19-34-23-14-12-22(28)13-15-23/h4-16,25H,3,17-19H2,1-2H3,(H,29,32)/t25-/m0/s1. The highest BCUT2D eigenvalue weighted by atomic mass is 127. The van der Waals surface area contributed by atoms with Crippen molar-refractivity contribution >= 4 is 34.4 Å². The van der Waals surface area contributed by atoms with E-state index in [1.807, 2.05) is 85.8 Å². The molecule has 1 N–H and O–H groups in total. The predicted molar refractivity (Wildman–Crippen MR) is 141 cm³/mol. The molecule has 0 aromatic heterocycles. The van der Waals surface area contributed by atoms with Crippen molar-refractivity contribution in [3.8, 4) is 11.5 Å². The molecule has 0 bridgehead atoms. The molecule has 34 heavy (non-hydrogen) atoms. The lowest BCUT2D eigenvalue weighted by Gasteiger charge is -2.31. The fourth-order valence-electron chi connectivity index (χ4n) is 3.57. The lowest BCUT2D eigenvalue weighted by atomic mass is 10.0. The molecule has 3 aromatic rings. The van der Waals surface area contributed by atoms with Gasteiger partial charge in [0, 0.05) is 23.1 Å². The van der Waals surface area contributed by atoms with Crippen molar-refractivity contribution in [1.82, 2.24) is 10.2 Å². The molecule has 3 rings (SSSR count). The number of benzene rings is 3. The van der Waals surface area contributed by atoms with Crippen LogP contribution in [0.1, 0.15) is 18.1 Å². The van der Waals surface area contributed by atoms with Crippen LogP contribution in [-0.2, 0) is 22.6 Å². The van der Waals surface area contributed by atoms with Crippen LogP contribution in [0.3, 0.4) is 0 Å². The van der Waals surface area contributed by atoms with Crippen LogP contribution in [0.2, 0.25) is 0 Å². The molecule has 178 valence electrons. The zero-order valence-electron chi connectivity index (χ0n) is 19.4. The van der Waals surface area contributed by atoms with Gasteiger partial charge in [-0.2, -0.15) is 0 Å². The Labute approximate surface area is 214 Å². The van der Waals surface area contributed by atoms with Crippen molar-refractivity contribution in [2.24, 2.45) is 0 Å². The van der Waals surface area contributed by atoms with Crippen LogP contribution in [0.5, 0.6) is 11.5 Å². The molecular formula is C27H29IN2O4. The van der Waals surface area contributed by atoms with Gasteiger partial charge in [0.25, 0.3) is 5.91 Å². The van der Waals surface area contributed by atoms with Crippen LogP contribution in [0.15, 0.2) is 78.9 Å². The van der Waals surface area contributed by atoms with Crippen LogP contribution in [0, 0.1) is 3.57 Å².